The van der Waals surface area contributed by atoms with E-state index in [4.69, 9.17) is 21.4 Å². The molecule has 0 rings (SSSR count). The maximum atomic E-state index is 11.2. The maximum absolute atomic E-state index is 11.2. The number of hydrogen-bond donors (Lipinski definition) is 2. The van der Waals surface area contributed by atoms with E-state index in [9.17, 15) is 4.57 Å². The second-order valence-corrected chi connectivity index (χ2v) is 8.61. The van der Waals surface area contributed by atoms with Crippen LogP contribution in [0.4, 0.5) is 0 Å². The van der Waals surface area contributed by atoms with Crippen LogP contribution in [0.2, 0.25) is 0 Å². The summed E-state index contributed by atoms with van der Waals surface area (Å²) in [5.41, 5.74) is 0.273. The first-order valence-corrected chi connectivity index (χ1v) is 7.62. The van der Waals surface area contributed by atoms with Crippen molar-refractivity contribution >= 4 is 27.8 Å². The molecular formula is C4H11O3PS2. The van der Waals surface area contributed by atoms with Gasteiger partial charge in [0.05, 0.1) is 18.2 Å². The average molecular weight is 202 g/mol. The van der Waals surface area contributed by atoms with Gasteiger partial charge in [-0.3, -0.25) is 0 Å². The van der Waals surface area contributed by atoms with Crippen LogP contribution in [0.1, 0.15) is 0 Å². The van der Waals surface area contributed by atoms with Crippen LogP contribution in [-0.2, 0) is 25.2 Å². The monoisotopic (exact) mass is 202 g/mol. The van der Waals surface area contributed by atoms with E-state index in [0.717, 1.165) is 0 Å². The number of aliphatic hydroxyl groups excluding tert-OH is 2. The summed E-state index contributed by atoms with van der Waals surface area (Å²) >= 11 is 4.79. The Hall–Kier alpha value is 0.720. The molecule has 1 atom stereocenters. The minimum atomic E-state index is -2.72. The predicted molar refractivity (Wildman–Crippen MR) is 47.3 cm³/mol. The van der Waals surface area contributed by atoms with Crippen molar-refractivity contribution in [2.45, 2.75) is 0 Å². The zero-order valence-electron chi connectivity index (χ0n) is 5.69. The van der Waals surface area contributed by atoms with Crippen molar-refractivity contribution in [1.29, 1.82) is 0 Å². The normalized spacial score (nSPS) is 15.1. The Balaban J connectivity index is 4.07. The number of rotatable bonds is 4. The predicted octanol–water partition coefficient (Wildman–Crippen LogP) is -0.0834. The first kappa shape index (κ1) is 10.7. The molecule has 6 heteroatoms. The van der Waals surface area contributed by atoms with E-state index in [0.29, 0.717) is 0 Å². The first-order chi connectivity index (χ1) is 4.54. The molecule has 0 radical (unpaired) electrons. The zero-order chi connectivity index (χ0) is 8.20. The van der Waals surface area contributed by atoms with E-state index in [1.165, 1.54) is 0 Å². The molecule has 0 amide bonds. The second kappa shape index (κ2) is 4.57. The maximum Gasteiger partial charge on any atom is 0.145 e. The van der Waals surface area contributed by atoms with Crippen molar-refractivity contribution in [3.05, 3.63) is 0 Å². The van der Waals surface area contributed by atoms with Crippen LogP contribution in [0.15, 0.2) is 0 Å². The molecule has 0 bridgehead atoms. The van der Waals surface area contributed by atoms with Crippen molar-refractivity contribution in [2.75, 3.05) is 24.4 Å². The fraction of sp³-hybridized carbons (Fsp3) is 1.00. The van der Waals surface area contributed by atoms with E-state index in [1.807, 2.05) is 0 Å². The lowest BCUT2D eigenvalue weighted by atomic mass is 11.7. The summed E-state index contributed by atoms with van der Waals surface area (Å²) in [6, 6.07) is 0. The summed E-state index contributed by atoms with van der Waals surface area (Å²) in [4.78, 5) is 0. The van der Waals surface area contributed by atoms with Crippen LogP contribution in [0.5, 0.6) is 0 Å². The Morgan fingerprint density at radius 2 is 1.90 bits per heavy atom. The minimum Gasteiger partial charge on any atom is -0.389 e. The molecule has 10 heavy (non-hydrogen) atoms. The first-order valence-electron chi connectivity index (χ1n) is 2.63. The van der Waals surface area contributed by atoms with Crippen molar-refractivity contribution < 1.29 is 14.8 Å². The van der Waals surface area contributed by atoms with Gasteiger partial charge in [-0.2, -0.15) is 0 Å². The molecule has 0 saturated carbocycles. The molecule has 0 aliphatic carbocycles. The lowest BCUT2D eigenvalue weighted by molar-refractivity contribution is 0.326. The third kappa shape index (κ3) is 3.78. The molecule has 0 spiro atoms. The topological polar surface area (TPSA) is 57.5 Å². The van der Waals surface area contributed by atoms with Gasteiger partial charge >= 0.3 is 0 Å². The summed E-state index contributed by atoms with van der Waals surface area (Å²) in [7, 11) is -3.10. The number of aliphatic hydroxyl groups is 2. The van der Waals surface area contributed by atoms with E-state index in [2.05, 4.69) is 0 Å². The lowest BCUT2D eigenvalue weighted by Gasteiger charge is -2.10. The zero-order valence-corrected chi connectivity index (χ0v) is 8.22. The molecule has 0 aromatic heterocycles. The molecule has 0 saturated heterocycles. The van der Waals surface area contributed by atoms with Gasteiger partial charge in [0.2, 0.25) is 0 Å². The largest absolute Gasteiger partial charge is 0.389 e. The highest BCUT2D eigenvalue weighted by atomic mass is 32.8. The van der Waals surface area contributed by atoms with Gasteiger partial charge in [-0.1, -0.05) is 11.2 Å². The van der Waals surface area contributed by atoms with Crippen LogP contribution in [0, 0.1) is 0 Å². The van der Waals surface area contributed by atoms with Gasteiger partial charge in [0, 0.05) is 0 Å². The highest BCUT2D eigenvalue weighted by Crippen LogP contribution is 2.43. The quantitative estimate of drug-likeness (QED) is 0.626. The van der Waals surface area contributed by atoms with E-state index >= 15 is 0 Å². The van der Waals surface area contributed by atoms with E-state index < -0.39 is 19.8 Å². The summed E-state index contributed by atoms with van der Waals surface area (Å²) in [5, 5.41) is 17.1. The molecule has 1 unspecified atom stereocenters. The van der Waals surface area contributed by atoms with Gasteiger partial charge in [0.25, 0.3) is 0 Å². The van der Waals surface area contributed by atoms with Gasteiger partial charge in [-0.05, 0) is 6.26 Å². The van der Waals surface area contributed by atoms with Crippen LogP contribution < -0.4 is 0 Å². The molecule has 0 aliphatic rings. The fourth-order valence-corrected chi connectivity index (χ4v) is 5.58. The van der Waals surface area contributed by atoms with Crippen LogP contribution in [-0.4, -0.2) is 34.7 Å². The van der Waals surface area contributed by atoms with E-state index in [-0.39, 0.29) is 14.9 Å². The lowest BCUT2D eigenvalue weighted by Crippen LogP contribution is -2.02. The highest BCUT2D eigenvalue weighted by molar-refractivity contribution is 8.30. The molecular weight excluding hydrogens is 191 g/mol. The Morgan fingerprint density at radius 3 is 2.00 bits per heavy atom. The number of hydrogen-bond acceptors (Lipinski definition) is 4. The molecule has 3 nitrogen and oxygen atoms in total. The van der Waals surface area contributed by atoms with Crippen molar-refractivity contribution in [3.63, 3.8) is 0 Å². The van der Waals surface area contributed by atoms with Crippen LogP contribution in [0.25, 0.3) is 0 Å². The molecule has 0 fully saturated rings. The summed E-state index contributed by atoms with van der Waals surface area (Å²) < 4.78 is 11.2. The second-order valence-electron chi connectivity index (χ2n) is 2.04. The Kier molecular flexibility index (Phi) is 4.90. The van der Waals surface area contributed by atoms with Gasteiger partial charge in [0.15, 0.2) is 0 Å². The van der Waals surface area contributed by atoms with Crippen LogP contribution >= 0.6 is 7.14 Å². The molecule has 2 N–H and O–H groups in total. The SMILES string of the molecule is CS(=S)CP(=O)(CO)CO. The third-order valence-electron chi connectivity index (χ3n) is 0.933. The van der Waals surface area contributed by atoms with E-state index in [1.54, 1.807) is 6.26 Å². The standard InChI is InChI=1S/C4H11O3PS2/c1-10(9)4-8(7,2-5)3-6/h5-6H,2-4H2,1H3. The molecule has 0 aliphatic heterocycles. The molecule has 0 heterocycles. The van der Waals surface area contributed by atoms with Crippen LogP contribution in [0.3, 0.4) is 0 Å². The Labute approximate surface area is 67.4 Å². The summed E-state index contributed by atoms with van der Waals surface area (Å²) in [6.45, 7) is 0. The van der Waals surface area contributed by atoms with Gasteiger partial charge in [-0.25, -0.2) is 0 Å². The third-order valence-corrected chi connectivity index (χ3v) is 6.25. The summed E-state index contributed by atoms with van der Waals surface area (Å²) in [6.07, 6.45) is 0.891. The van der Waals surface area contributed by atoms with Gasteiger partial charge < -0.3 is 14.8 Å². The van der Waals surface area contributed by atoms with Gasteiger partial charge in [-0.15, -0.1) is 9.45 Å². The molecule has 0 aromatic rings. The Morgan fingerprint density at radius 1 is 1.50 bits per heavy atom. The fourth-order valence-electron chi connectivity index (χ4n) is 0.458. The minimum absolute atomic E-state index is 0.273. The average Bonchev–Trinajstić information content (AvgIpc) is 1.87. The smallest absolute Gasteiger partial charge is 0.145 e. The molecule has 62 valence electrons. The molecule has 0 aromatic carbocycles. The van der Waals surface area contributed by atoms with Gasteiger partial charge in [0.1, 0.15) is 7.14 Å². The Bertz CT molecular complexity index is 162. The van der Waals surface area contributed by atoms with Crippen molar-refractivity contribution in [2.24, 2.45) is 0 Å². The summed E-state index contributed by atoms with van der Waals surface area (Å²) in [5.74, 6) is 0. The highest BCUT2D eigenvalue weighted by Gasteiger charge is 2.19. The van der Waals surface area contributed by atoms with Crippen molar-refractivity contribution in [1.82, 2.24) is 0 Å². The van der Waals surface area contributed by atoms with Crippen molar-refractivity contribution in [3.8, 4) is 0 Å².